The Morgan fingerprint density at radius 2 is 1.94 bits per heavy atom. The summed E-state index contributed by atoms with van der Waals surface area (Å²) in [5.41, 5.74) is 2.55. The van der Waals surface area contributed by atoms with Gasteiger partial charge in [-0.2, -0.15) is 0 Å². The number of carbonyl (C=O) groups excluding carboxylic acids is 1. The highest BCUT2D eigenvalue weighted by molar-refractivity contribution is 6.09. The quantitative estimate of drug-likeness (QED) is 0.641. The van der Waals surface area contributed by atoms with Crippen molar-refractivity contribution in [3.63, 3.8) is 0 Å². The first kappa shape index (κ1) is 13.2. The molecule has 0 amide bonds. The number of carboxylic acids is 1. The zero-order valence-electron chi connectivity index (χ0n) is 10.3. The number of ketones is 1. The highest BCUT2D eigenvalue weighted by Gasteiger charge is 2.11. The number of rotatable bonds is 4. The molecule has 0 bridgehead atoms. The van der Waals surface area contributed by atoms with Crippen LogP contribution in [-0.4, -0.2) is 16.9 Å². The number of aliphatic carboxylic acids is 1. The Kier molecular flexibility index (Phi) is 4.21. The minimum Gasteiger partial charge on any atom is -0.478 e. The first-order valence-corrected chi connectivity index (χ1v) is 5.51. The Bertz CT molecular complexity index is 484. The van der Waals surface area contributed by atoms with Crippen LogP contribution in [0.4, 0.5) is 0 Å². The van der Waals surface area contributed by atoms with Gasteiger partial charge in [0.25, 0.3) is 0 Å². The number of aryl methyl sites for hydroxylation is 2. The van der Waals surface area contributed by atoms with E-state index in [0.717, 1.165) is 11.1 Å². The molecule has 3 heteroatoms. The molecule has 1 N–H and O–H groups in total. The van der Waals surface area contributed by atoms with Crippen LogP contribution in [0, 0.1) is 13.8 Å². The van der Waals surface area contributed by atoms with E-state index in [1.165, 1.54) is 6.08 Å². The summed E-state index contributed by atoms with van der Waals surface area (Å²) in [5.74, 6) is -1.28. The van der Waals surface area contributed by atoms with Gasteiger partial charge in [0.05, 0.1) is 0 Å². The highest BCUT2D eigenvalue weighted by Crippen LogP contribution is 2.13. The summed E-state index contributed by atoms with van der Waals surface area (Å²) >= 11 is 0. The van der Waals surface area contributed by atoms with Gasteiger partial charge in [0, 0.05) is 11.1 Å². The third kappa shape index (κ3) is 3.28. The van der Waals surface area contributed by atoms with Gasteiger partial charge in [-0.1, -0.05) is 24.6 Å². The van der Waals surface area contributed by atoms with Crippen LogP contribution in [0.15, 0.2) is 29.8 Å². The molecule has 1 aromatic carbocycles. The molecule has 0 spiro atoms. The number of hydrogen-bond acceptors (Lipinski definition) is 2. The lowest BCUT2D eigenvalue weighted by atomic mass is 10.00. The van der Waals surface area contributed by atoms with E-state index in [-0.39, 0.29) is 11.4 Å². The highest BCUT2D eigenvalue weighted by atomic mass is 16.4. The van der Waals surface area contributed by atoms with Crippen molar-refractivity contribution in [2.45, 2.75) is 27.2 Å². The van der Waals surface area contributed by atoms with E-state index in [4.69, 9.17) is 5.11 Å². The van der Waals surface area contributed by atoms with Gasteiger partial charge in [0.2, 0.25) is 0 Å². The van der Waals surface area contributed by atoms with E-state index in [0.29, 0.717) is 12.0 Å². The minimum atomic E-state index is -1.04. The second-order valence-corrected chi connectivity index (χ2v) is 4.01. The average Bonchev–Trinajstić information content (AvgIpc) is 2.28. The van der Waals surface area contributed by atoms with E-state index in [9.17, 15) is 9.59 Å². The monoisotopic (exact) mass is 232 g/mol. The number of hydrogen-bond donors (Lipinski definition) is 1. The molecule has 17 heavy (non-hydrogen) atoms. The van der Waals surface area contributed by atoms with E-state index in [1.54, 1.807) is 13.0 Å². The van der Waals surface area contributed by atoms with Crippen LogP contribution in [0.3, 0.4) is 0 Å². The number of benzene rings is 1. The second-order valence-electron chi connectivity index (χ2n) is 4.01. The van der Waals surface area contributed by atoms with Gasteiger partial charge in [0.1, 0.15) is 0 Å². The molecule has 0 saturated carbocycles. The maximum atomic E-state index is 12.0. The molecular weight excluding hydrogens is 216 g/mol. The summed E-state index contributed by atoms with van der Waals surface area (Å²) in [6.07, 6.45) is 1.55. The Morgan fingerprint density at radius 3 is 2.47 bits per heavy atom. The van der Waals surface area contributed by atoms with Crippen LogP contribution >= 0.6 is 0 Å². The zero-order chi connectivity index (χ0) is 13.0. The maximum absolute atomic E-state index is 12.0. The van der Waals surface area contributed by atoms with Gasteiger partial charge in [-0.25, -0.2) is 4.79 Å². The third-order valence-electron chi connectivity index (χ3n) is 2.62. The largest absolute Gasteiger partial charge is 0.478 e. The summed E-state index contributed by atoms with van der Waals surface area (Å²) in [6.45, 7) is 5.46. The molecule has 90 valence electrons. The molecule has 0 unspecified atom stereocenters. The lowest BCUT2D eigenvalue weighted by Gasteiger charge is -2.04. The molecule has 0 saturated heterocycles. The molecule has 0 atom stereocenters. The van der Waals surface area contributed by atoms with Crippen molar-refractivity contribution in [1.82, 2.24) is 0 Å². The predicted octanol–water partition coefficient (Wildman–Crippen LogP) is 2.91. The van der Waals surface area contributed by atoms with E-state index in [1.807, 2.05) is 26.0 Å². The van der Waals surface area contributed by atoms with Gasteiger partial charge in [-0.3, -0.25) is 4.79 Å². The zero-order valence-corrected chi connectivity index (χ0v) is 10.3. The Balaban J connectivity index is 3.13. The molecule has 0 radical (unpaired) electrons. The Morgan fingerprint density at radius 1 is 1.29 bits per heavy atom. The minimum absolute atomic E-state index is 0.135. The van der Waals surface area contributed by atoms with Crippen molar-refractivity contribution in [3.8, 4) is 0 Å². The van der Waals surface area contributed by atoms with Crippen LogP contribution in [0.2, 0.25) is 0 Å². The van der Waals surface area contributed by atoms with Gasteiger partial charge in [0.15, 0.2) is 5.78 Å². The molecule has 0 aliphatic carbocycles. The molecule has 1 aromatic rings. The lowest BCUT2D eigenvalue weighted by molar-refractivity contribution is -0.132. The number of carboxylic acid groups (broad SMARTS) is 1. The van der Waals surface area contributed by atoms with Gasteiger partial charge < -0.3 is 5.11 Å². The van der Waals surface area contributed by atoms with Crippen LogP contribution in [-0.2, 0) is 4.79 Å². The topological polar surface area (TPSA) is 54.4 Å². The summed E-state index contributed by atoms with van der Waals surface area (Å²) in [5, 5.41) is 8.87. The second kappa shape index (κ2) is 5.43. The van der Waals surface area contributed by atoms with E-state index in [2.05, 4.69) is 0 Å². The molecule has 3 nitrogen and oxygen atoms in total. The van der Waals surface area contributed by atoms with Crippen molar-refractivity contribution >= 4 is 11.8 Å². The van der Waals surface area contributed by atoms with Crippen molar-refractivity contribution in [1.29, 1.82) is 0 Å². The van der Waals surface area contributed by atoms with Crippen molar-refractivity contribution < 1.29 is 14.7 Å². The fourth-order valence-corrected chi connectivity index (χ4v) is 1.55. The van der Waals surface area contributed by atoms with Crippen LogP contribution in [0.1, 0.15) is 34.8 Å². The molecule has 0 heterocycles. The first-order valence-electron chi connectivity index (χ1n) is 5.51. The van der Waals surface area contributed by atoms with Gasteiger partial charge in [-0.05, 0) is 38.0 Å². The summed E-state index contributed by atoms with van der Waals surface area (Å²) in [4.78, 5) is 22.8. The maximum Gasteiger partial charge on any atom is 0.331 e. The molecule has 0 aliphatic rings. The average molecular weight is 232 g/mol. The van der Waals surface area contributed by atoms with Crippen LogP contribution < -0.4 is 0 Å². The van der Waals surface area contributed by atoms with Crippen LogP contribution in [0.25, 0.3) is 0 Å². The van der Waals surface area contributed by atoms with Crippen LogP contribution in [0.5, 0.6) is 0 Å². The molecular formula is C14H16O3. The van der Waals surface area contributed by atoms with Crippen molar-refractivity contribution in [2.75, 3.05) is 0 Å². The summed E-state index contributed by atoms with van der Waals surface area (Å²) in [7, 11) is 0. The lowest BCUT2D eigenvalue weighted by Crippen LogP contribution is -2.05. The smallest absolute Gasteiger partial charge is 0.331 e. The van der Waals surface area contributed by atoms with Gasteiger partial charge >= 0.3 is 5.97 Å². The predicted molar refractivity (Wildman–Crippen MR) is 66.3 cm³/mol. The Hall–Kier alpha value is -1.90. The third-order valence-corrected chi connectivity index (χ3v) is 2.62. The molecule has 0 aliphatic heterocycles. The normalized spacial score (nSPS) is 11.4. The first-order chi connectivity index (χ1) is 7.95. The molecule has 1 rings (SSSR count). The van der Waals surface area contributed by atoms with Crippen molar-refractivity contribution in [3.05, 3.63) is 46.5 Å². The Labute approximate surface area is 101 Å². The van der Waals surface area contributed by atoms with E-state index >= 15 is 0 Å². The van der Waals surface area contributed by atoms with Gasteiger partial charge in [-0.15, -0.1) is 0 Å². The summed E-state index contributed by atoms with van der Waals surface area (Å²) in [6, 6.07) is 5.57. The number of allylic oxidation sites excluding steroid dienone is 1. The SMILES string of the molecule is CC/C(=C\C(=O)c1cc(C)ccc1C)C(=O)O. The fraction of sp³-hybridized carbons (Fsp3) is 0.286. The van der Waals surface area contributed by atoms with E-state index < -0.39 is 5.97 Å². The summed E-state index contributed by atoms with van der Waals surface area (Å²) < 4.78 is 0. The number of carbonyl (C=O) groups is 2. The molecule has 0 aromatic heterocycles. The fourth-order valence-electron chi connectivity index (χ4n) is 1.55. The van der Waals surface area contributed by atoms with Crippen molar-refractivity contribution in [2.24, 2.45) is 0 Å². The molecule has 0 fully saturated rings. The standard InChI is InChI=1S/C14H16O3/c1-4-11(14(16)17)8-13(15)12-7-9(2)5-6-10(12)3/h5-8H,4H2,1-3H3,(H,16,17)/b11-8+.